The zero-order valence-corrected chi connectivity index (χ0v) is 16.7. The van der Waals surface area contributed by atoms with Gasteiger partial charge in [0.05, 0.1) is 12.8 Å². The first-order chi connectivity index (χ1) is 11.7. The number of nitrogens with one attached hydrogen (secondary N) is 2. The SMILES string of the molecule is CN=C(NCCNC(=O)c1cnccn1)N1CCC2(CCOC2)C1.I. The van der Waals surface area contributed by atoms with Crippen LogP contribution in [0.25, 0.3) is 0 Å². The van der Waals surface area contributed by atoms with Crippen molar-refractivity contribution in [1.29, 1.82) is 0 Å². The van der Waals surface area contributed by atoms with Gasteiger partial charge in [-0.1, -0.05) is 0 Å². The topological polar surface area (TPSA) is 91.7 Å². The lowest BCUT2D eigenvalue weighted by atomic mass is 9.87. The molecule has 2 aliphatic heterocycles. The summed E-state index contributed by atoms with van der Waals surface area (Å²) in [5.74, 6) is 0.663. The predicted octanol–water partition coefficient (Wildman–Crippen LogP) is 0.512. The number of halogens is 1. The normalized spacial score (nSPS) is 22.8. The number of ether oxygens (including phenoxy) is 1. The summed E-state index contributed by atoms with van der Waals surface area (Å²) in [7, 11) is 1.79. The maximum Gasteiger partial charge on any atom is 0.271 e. The van der Waals surface area contributed by atoms with Crippen LogP contribution in [0.1, 0.15) is 23.3 Å². The monoisotopic (exact) mass is 460 g/mol. The molecule has 25 heavy (non-hydrogen) atoms. The molecule has 3 heterocycles. The van der Waals surface area contributed by atoms with Crippen LogP contribution in [0.3, 0.4) is 0 Å². The smallest absolute Gasteiger partial charge is 0.271 e. The summed E-state index contributed by atoms with van der Waals surface area (Å²) < 4.78 is 5.57. The number of carbonyl (C=O) groups is 1. The minimum absolute atomic E-state index is 0. The van der Waals surface area contributed by atoms with E-state index in [2.05, 4.69) is 30.5 Å². The van der Waals surface area contributed by atoms with Gasteiger partial charge < -0.3 is 20.3 Å². The number of carbonyl (C=O) groups excluding carboxylic acids is 1. The Morgan fingerprint density at radius 2 is 2.20 bits per heavy atom. The van der Waals surface area contributed by atoms with Crippen molar-refractivity contribution < 1.29 is 9.53 Å². The summed E-state index contributed by atoms with van der Waals surface area (Å²) in [5.41, 5.74) is 0.627. The van der Waals surface area contributed by atoms with Gasteiger partial charge in [-0.25, -0.2) is 4.98 Å². The highest BCUT2D eigenvalue weighted by atomic mass is 127. The highest BCUT2D eigenvalue weighted by molar-refractivity contribution is 14.0. The van der Waals surface area contributed by atoms with Gasteiger partial charge in [0.2, 0.25) is 0 Å². The number of likely N-dealkylation sites (tertiary alicyclic amines) is 1. The van der Waals surface area contributed by atoms with E-state index in [4.69, 9.17) is 4.74 Å². The van der Waals surface area contributed by atoms with Gasteiger partial charge in [0.15, 0.2) is 5.96 Å². The molecule has 1 spiro atoms. The minimum atomic E-state index is -0.219. The van der Waals surface area contributed by atoms with Crippen molar-refractivity contribution in [2.45, 2.75) is 12.8 Å². The summed E-state index contributed by atoms with van der Waals surface area (Å²) in [4.78, 5) is 26.4. The zero-order valence-electron chi connectivity index (χ0n) is 14.4. The molecular formula is C16H25IN6O2. The van der Waals surface area contributed by atoms with Crippen LogP contribution in [-0.2, 0) is 4.74 Å². The predicted molar refractivity (Wildman–Crippen MR) is 105 cm³/mol. The first-order valence-electron chi connectivity index (χ1n) is 8.30. The molecule has 2 aliphatic rings. The summed E-state index contributed by atoms with van der Waals surface area (Å²) >= 11 is 0. The third-order valence-corrected chi connectivity index (χ3v) is 4.62. The van der Waals surface area contributed by atoms with Gasteiger partial charge in [-0.2, -0.15) is 0 Å². The van der Waals surface area contributed by atoms with Crippen LogP contribution in [0.2, 0.25) is 0 Å². The van der Waals surface area contributed by atoms with Crippen LogP contribution in [0, 0.1) is 5.41 Å². The van der Waals surface area contributed by atoms with E-state index in [1.807, 2.05) is 0 Å². The van der Waals surface area contributed by atoms with E-state index < -0.39 is 0 Å². The Morgan fingerprint density at radius 1 is 1.36 bits per heavy atom. The second-order valence-electron chi connectivity index (χ2n) is 6.29. The van der Waals surface area contributed by atoms with Gasteiger partial charge in [0, 0.05) is 57.6 Å². The number of amides is 1. The van der Waals surface area contributed by atoms with Gasteiger partial charge in [-0.3, -0.25) is 14.8 Å². The zero-order chi connectivity index (χ0) is 16.8. The maximum atomic E-state index is 11.9. The van der Waals surface area contributed by atoms with Crippen molar-refractivity contribution in [2.75, 3.05) is 46.4 Å². The third-order valence-electron chi connectivity index (χ3n) is 4.62. The molecule has 0 aromatic carbocycles. The molecule has 9 heteroatoms. The standard InChI is InChI=1S/C16H24N6O2.HI/c1-17-15(22-8-2-16(11-22)3-9-24-12-16)21-7-6-20-14(23)13-10-18-4-5-19-13;/h4-5,10H,2-3,6-9,11-12H2,1H3,(H,17,21)(H,20,23);1H. The van der Waals surface area contributed by atoms with Gasteiger partial charge in [-0.15, -0.1) is 24.0 Å². The quantitative estimate of drug-likeness (QED) is 0.295. The van der Waals surface area contributed by atoms with Crippen molar-refractivity contribution in [3.8, 4) is 0 Å². The van der Waals surface area contributed by atoms with Gasteiger partial charge >= 0.3 is 0 Å². The minimum Gasteiger partial charge on any atom is -0.381 e. The molecule has 138 valence electrons. The van der Waals surface area contributed by atoms with Crippen LogP contribution in [0.5, 0.6) is 0 Å². The number of rotatable bonds is 4. The largest absolute Gasteiger partial charge is 0.381 e. The molecule has 1 unspecified atom stereocenters. The van der Waals surface area contributed by atoms with Crippen molar-refractivity contribution in [2.24, 2.45) is 10.4 Å². The average molecular weight is 460 g/mol. The molecule has 2 fully saturated rings. The molecule has 1 amide bonds. The molecular weight excluding hydrogens is 435 g/mol. The van der Waals surface area contributed by atoms with Crippen molar-refractivity contribution in [3.63, 3.8) is 0 Å². The summed E-state index contributed by atoms with van der Waals surface area (Å²) in [6.45, 7) is 4.81. The second kappa shape index (κ2) is 9.27. The van der Waals surface area contributed by atoms with Crippen LogP contribution >= 0.6 is 24.0 Å². The maximum absolute atomic E-state index is 11.9. The number of hydrogen-bond donors (Lipinski definition) is 2. The Kier molecular flexibility index (Phi) is 7.36. The highest BCUT2D eigenvalue weighted by Crippen LogP contribution is 2.38. The van der Waals surface area contributed by atoms with Gasteiger partial charge in [0.25, 0.3) is 5.91 Å². The Hall–Kier alpha value is -1.49. The summed E-state index contributed by atoms with van der Waals surface area (Å²) in [5, 5.41) is 6.13. The number of aliphatic imine (C=N–C) groups is 1. The fourth-order valence-electron chi connectivity index (χ4n) is 3.28. The van der Waals surface area contributed by atoms with Crippen LogP contribution < -0.4 is 10.6 Å². The molecule has 2 saturated heterocycles. The number of hydrogen-bond acceptors (Lipinski definition) is 5. The number of nitrogens with zero attached hydrogens (tertiary/aromatic N) is 4. The lowest BCUT2D eigenvalue weighted by Crippen LogP contribution is -2.44. The van der Waals surface area contributed by atoms with Gasteiger partial charge in [0.1, 0.15) is 5.69 Å². The molecule has 1 aromatic heterocycles. The van der Waals surface area contributed by atoms with Gasteiger partial charge in [-0.05, 0) is 12.8 Å². The van der Waals surface area contributed by atoms with E-state index in [0.29, 0.717) is 24.2 Å². The summed E-state index contributed by atoms with van der Waals surface area (Å²) in [6, 6.07) is 0. The molecule has 3 rings (SSSR count). The average Bonchev–Trinajstić information content (AvgIpc) is 3.26. The Morgan fingerprint density at radius 3 is 2.88 bits per heavy atom. The van der Waals surface area contributed by atoms with Crippen LogP contribution in [0.15, 0.2) is 23.6 Å². The highest BCUT2D eigenvalue weighted by Gasteiger charge is 2.42. The van der Waals surface area contributed by atoms with E-state index in [0.717, 1.165) is 45.1 Å². The van der Waals surface area contributed by atoms with Crippen LogP contribution in [0.4, 0.5) is 0 Å². The fraction of sp³-hybridized carbons (Fsp3) is 0.625. The van der Waals surface area contributed by atoms with Crippen molar-refractivity contribution in [1.82, 2.24) is 25.5 Å². The second-order valence-corrected chi connectivity index (χ2v) is 6.29. The van der Waals surface area contributed by atoms with Crippen LogP contribution in [-0.4, -0.2) is 73.2 Å². The third kappa shape index (κ3) is 5.00. The number of guanidine groups is 1. The first-order valence-corrected chi connectivity index (χ1v) is 8.30. The fourth-order valence-corrected chi connectivity index (χ4v) is 3.28. The molecule has 2 N–H and O–H groups in total. The van der Waals surface area contributed by atoms with E-state index in [1.165, 1.54) is 12.4 Å². The first kappa shape index (κ1) is 19.8. The summed E-state index contributed by atoms with van der Waals surface area (Å²) in [6.07, 6.45) is 6.78. The molecule has 8 nitrogen and oxygen atoms in total. The Labute approximate surface area is 164 Å². The molecule has 1 aromatic rings. The van der Waals surface area contributed by atoms with E-state index >= 15 is 0 Å². The molecule has 0 radical (unpaired) electrons. The lowest BCUT2D eigenvalue weighted by molar-refractivity contribution is 0.0949. The van der Waals surface area contributed by atoms with E-state index in [9.17, 15) is 4.79 Å². The lowest BCUT2D eigenvalue weighted by Gasteiger charge is -2.25. The van der Waals surface area contributed by atoms with E-state index in [1.54, 1.807) is 13.2 Å². The van der Waals surface area contributed by atoms with E-state index in [-0.39, 0.29) is 29.9 Å². The molecule has 0 saturated carbocycles. The Balaban J connectivity index is 0.00000225. The molecule has 1 atom stereocenters. The number of aromatic nitrogens is 2. The Bertz CT molecular complexity index is 592. The molecule has 0 aliphatic carbocycles. The van der Waals surface area contributed by atoms with Crippen molar-refractivity contribution >= 4 is 35.8 Å². The van der Waals surface area contributed by atoms with Crippen molar-refractivity contribution in [3.05, 3.63) is 24.3 Å². The molecule has 0 bridgehead atoms.